The van der Waals surface area contributed by atoms with E-state index in [-0.39, 0.29) is 5.41 Å². The van der Waals surface area contributed by atoms with Crippen molar-refractivity contribution in [2.45, 2.75) is 45.3 Å². The molecule has 0 bridgehead atoms. The third-order valence-electron chi connectivity index (χ3n) is 4.23. The average molecular weight is 324 g/mol. The summed E-state index contributed by atoms with van der Waals surface area (Å²) in [6.07, 6.45) is 7.51. The van der Waals surface area contributed by atoms with Crippen molar-refractivity contribution in [1.29, 1.82) is 0 Å². The van der Waals surface area contributed by atoms with Crippen LogP contribution >= 0.6 is 0 Å². The fourth-order valence-electron chi connectivity index (χ4n) is 2.75. The Morgan fingerprint density at radius 2 is 1.96 bits per heavy atom. The second kappa shape index (κ2) is 6.37. The zero-order valence-electron chi connectivity index (χ0n) is 15.7. The molecule has 2 rings (SSSR count). The first-order valence-corrected chi connectivity index (χ1v) is 8.20. The van der Waals surface area contributed by atoms with E-state index in [0.717, 1.165) is 17.8 Å². The van der Waals surface area contributed by atoms with Gasteiger partial charge in [-0.2, -0.15) is 0 Å². The summed E-state index contributed by atoms with van der Waals surface area (Å²) in [5, 5.41) is 1.21. The van der Waals surface area contributed by atoms with Gasteiger partial charge >= 0.3 is 0 Å². The van der Waals surface area contributed by atoms with Gasteiger partial charge in [-0.3, -0.25) is 0 Å². The van der Waals surface area contributed by atoms with Gasteiger partial charge in [0.1, 0.15) is 5.75 Å². The zero-order valence-corrected chi connectivity index (χ0v) is 15.7. The predicted molar refractivity (Wildman–Crippen MR) is 102 cm³/mol. The van der Waals surface area contributed by atoms with E-state index in [2.05, 4.69) is 56.4 Å². The van der Waals surface area contributed by atoms with Gasteiger partial charge in [0.05, 0.1) is 0 Å². The number of nitrogens with one attached hydrogen (secondary N) is 1. The maximum atomic E-state index is 5.91. The minimum atomic E-state index is -0.629. The molecule has 0 saturated carbocycles. The number of fused-ring (bicyclic) bond motifs is 1. The van der Waals surface area contributed by atoms with Crippen molar-refractivity contribution < 1.29 is 4.74 Å². The first-order valence-electron chi connectivity index (χ1n) is 8.20. The SMILES string of the molecule is C#CC(C)(C)Oc1ccc2c(CN(C)C)c(C(C)(C)C=C)[nH]c2c1. The van der Waals surface area contributed by atoms with Crippen LogP contribution in [0, 0.1) is 12.3 Å². The molecule has 1 N–H and O–H groups in total. The lowest BCUT2D eigenvalue weighted by molar-refractivity contribution is 0.173. The number of benzene rings is 1. The highest BCUT2D eigenvalue weighted by molar-refractivity contribution is 5.86. The molecule has 0 fully saturated rings. The van der Waals surface area contributed by atoms with Gasteiger partial charge < -0.3 is 14.6 Å². The highest BCUT2D eigenvalue weighted by atomic mass is 16.5. The Kier molecular flexibility index (Phi) is 4.82. The first kappa shape index (κ1) is 18.2. The van der Waals surface area contributed by atoms with Gasteiger partial charge in [-0.05, 0) is 45.6 Å². The van der Waals surface area contributed by atoms with E-state index < -0.39 is 5.60 Å². The van der Waals surface area contributed by atoms with Crippen molar-refractivity contribution in [3.63, 3.8) is 0 Å². The Morgan fingerprint density at radius 3 is 2.50 bits per heavy atom. The molecule has 0 saturated heterocycles. The van der Waals surface area contributed by atoms with Crippen LogP contribution in [0.5, 0.6) is 5.75 Å². The molecule has 2 aromatic rings. The monoisotopic (exact) mass is 324 g/mol. The fourth-order valence-corrected chi connectivity index (χ4v) is 2.75. The maximum absolute atomic E-state index is 5.91. The Bertz CT molecular complexity index is 788. The summed E-state index contributed by atoms with van der Waals surface area (Å²) in [5.41, 5.74) is 2.78. The van der Waals surface area contributed by atoms with E-state index >= 15 is 0 Å². The van der Waals surface area contributed by atoms with Crippen LogP contribution in [0.15, 0.2) is 30.9 Å². The van der Waals surface area contributed by atoms with Crippen molar-refractivity contribution in [1.82, 2.24) is 9.88 Å². The Hall–Kier alpha value is -2.18. The molecule has 128 valence electrons. The van der Waals surface area contributed by atoms with Crippen LogP contribution in [-0.2, 0) is 12.0 Å². The minimum Gasteiger partial charge on any atom is -0.475 e. The summed E-state index contributed by atoms with van der Waals surface area (Å²) in [4.78, 5) is 5.75. The van der Waals surface area contributed by atoms with Crippen LogP contribution in [-0.4, -0.2) is 29.6 Å². The van der Waals surface area contributed by atoms with Crippen molar-refractivity contribution >= 4 is 10.9 Å². The standard InChI is InChI=1S/C21H28N2O/c1-9-20(3,4)19-17(14-23(7)8)16-12-11-15(13-18(16)22-19)24-21(5,6)10-2/h2,9,11-13,22H,1,14H2,3-8H3. The summed E-state index contributed by atoms with van der Waals surface area (Å²) in [5.74, 6) is 3.43. The van der Waals surface area contributed by atoms with Gasteiger partial charge in [-0.15, -0.1) is 13.0 Å². The van der Waals surface area contributed by atoms with Gasteiger partial charge in [0.2, 0.25) is 0 Å². The van der Waals surface area contributed by atoms with E-state index in [1.807, 2.05) is 32.1 Å². The number of hydrogen-bond donors (Lipinski definition) is 1. The molecule has 0 spiro atoms. The number of rotatable bonds is 6. The van der Waals surface area contributed by atoms with Crippen LogP contribution in [0.1, 0.15) is 39.0 Å². The molecule has 3 nitrogen and oxygen atoms in total. The summed E-state index contributed by atoms with van der Waals surface area (Å²) < 4.78 is 5.91. The second-order valence-electron chi connectivity index (χ2n) is 7.61. The average Bonchev–Trinajstić information content (AvgIpc) is 2.85. The molecular formula is C21H28N2O. The molecule has 0 atom stereocenters. The highest BCUT2D eigenvalue weighted by Crippen LogP contribution is 2.35. The molecule has 3 heteroatoms. The third-order valence-corrected chi connectivity index (χ3v) is 4.23. The van der Waals surface area contributed by atoms with Gasteiger partial charge in [-0.25, -0.2) is 0 Å². The number of hydrogen-bond acceptors (Lipinski definition) is 2. The molecule has 0 aliphatic heterocycles. The predicted octanol–water partition coefficient (Wildman–Crippen LogP) is 4.48. The molecule has 0 aliphatic rings. The van der Waals surface area contributed by atoms with Crippen LogP contribution < -0.4 is 4.74 Å². The molecule has 24 heavy (non-hydrogen) atoms. The number of H-pyrrole nitrogens is 1. The number of nitrogens with zero attached hydrogens (tertiary/aromatic N) is 1. The van der Waals surface area contributed by atoms with E-state index in [4.69, 9.17) is 11.2 Å². The van der Waals surface area contributed by atoms with Crippen molar-refractivity contribution in [3.8, 4) is 18.1 Å². The lowest BCUT2D eigenvalue weighted by atomic mass is 9.86. The van der Waals surface area contributed by atoms with Crippen LogP contribution in [0.25, 0.3) is 10.9 Å². The molecule has 0 unspecified atom stereocenters. The third kappa shape index (κ3) is 3.66. The van der Waals surface area contributed by atoms with Gasteiger partial charge in [0.25, 0.3) is 0 Å². The van der Waals surface area contributed by atoms with Gasteiger partial charge in [0, 0.05) is 34.6 Å². The fraction of sp³-hybridized carbons (Fsp3) is 0.429. The van der Waals surface area contributed by atoms with Crippen LogP contribution in [0.4, 0.5) is 0 Å². The number of allylic oxidation sites excluding steroid dienone is 1. The summed E-state index contributed by atoms with van der Waals surface area (Å²) in [6.45, 7) is 13.0. The Balaban J connectivity index is 2.58. The first-order chi connectivity index (χ1) is 11.1. The maximum Gasteiger partial charge on any atom is 0.163 e. The molecule has 0 aliphatic carbocycles. The van der Waals surface area contributed by atoms with Crippen LogP contribution in [0.3, 0.4) is 0 Å². The molecule has 1 heterocycles. The zero-order chi connectivity index (χ0) is 18.1. The van der Waals surface area contributed by atoms with E-state index in [0.29, 0.717) is 0 Å². The number of aromatic nitrogens is 1. The lowest BCUT2D eigenvalue weighted by Crippen LogP contribution is -2.25. The second-order valence-corrected chi connectivity index (χ2v) is 7.61. The van der Waals surface area contributed by atoms with E-state index in [1.165, 1.54) is 16.6 Å². The van der Waals surface area contributed by atoms with Gasteiger partial charge in [0.15, 0.2) is 5.60 Å². The number of aromatic amines is 1. The van der Waals surface area contributed by atoms with Crippen molar-refractivity contribution in [3.05, 3.63) is 42.1 Å². The lowest BCUT2D eigenvalue weighted by Gasteiger charge is -2.22. The Morgan fingerprint density at radius 1 is 1.29 bits per heavy atom. The van der Waals surface area contributed by atoms with Crippen molar-refractivity contribution in [2.24, 2.45) is 0 Å². The smallest absolute Gasteiger partial charge is 0.163 e. The summed E-state index contributed by atoms with van der Waals surface area (Å²) >= 11 is 0. The molecule has 1 aromatic carbocycles. The Labute approximate surface area is 145 Å². The van der Waals surface area contributed by atoms with Gasteiger partial charge in [-0.1, -0.05) is 25.8 Å². The van der Waals surface area contributed by atoms with Crippen LogP contribution in [0.2, 0.25) is 0 Å². The summed E-state index contributed by atoms with van der Waals surface area (Å²) in [7, 11) is 4.16. The highest BCUT2D eigenvalue weighted by Gasteiger charge is 2.25. The molecular weight excluding hydrogens is 296 g/mol. The molecule has 0 amide bonds. The van der Waals surface area contributed by atoms with Crippen molar-refractivity contribution in [2.75, 3.05) is 14.1 Å². The number of ether oxygens (including phenoxy) is 1. The number of terminal acetylenes is 1. The largest absolute Gasteiger partial charge is 0.475 e. The van der Waals surface area contributed by atoms with E-state index in [9.17, 15) is 0 Å². The summed E-state index contributed by atoms with van der Waals surface area (Å²) in [6, 6.07) is 6.12. The van der Waals surface area contributed by atoms with E-state index in [1.54, 1.807) is 0 Å². The molecule has 1 aromatic heterocycles. The molecule has 0 radical (unpaired) electrons. The normalized spacial score (nSPS) is 12.4. The quantitative estimate of drug-likeness (QED) is 0.626. The topological polar surface area (TPSA) is 28.3 Å². The minimum absolute atomic E-state index is 0.135.